The molecular weight excluding hydrogens is 376 g/mol. The predicted octanol–water partition coefficient (Wildman–Crippen LogP) is 4.33. The van der Waals surface area contributed by atoms with Crippen molar-refractivity contribution in [1.82, 2.24) is 9.80 Å². The number of furan rings is 1. The summed E-state index contributed by atoms with van der Waals surface area (Å²) >= 11 is 0. The molecule has 0 unspecified atom stereocenters. The van der Waals surface area contributed by atoms with Crippen molar-refractivity contribution in [2.24, 2.45) is 0 Å². The maximum Gasteiger partial charge on any atom is 0.289 e. The van der Waals surface area contributed by atoms with Crippen LogP contribution >= 0.6 is 0 Å². The number of hydrogen-bond acceptors (Lipinski definition) is 4. The molecule has 1 aliphatic heterocycles. The monoisotopic (exact) mass is 402 g/mol. The van der Waals surface area contributed by atoms with Gasteiger partial charge < -0.3 is 14.1 Å². The Kier molecular flexibility index (Phi) is 6.62. The Morgan fingerprint density at radius 1 is 0.900 bits per heavy atom. The number of carbonyl (C=O) groups is 1. The lowest BCUT2D eigenvalue weighted by Gasteiger charge is -2.33. The molecule has 5 nitrogen and oxygen atoms in total. The number of amides is 1. The Morgan fingerprint density at radius 2 is 1.60 bits per heavy atom. The molecule has 1 aliphatic rings. The van der Waals surface area contributed by atoms with Crippen LogP contribution in [0.1, 0.15) is 21.9 Å². The van der Waals surface area contributed by atoms with E-state index in [1.165, 1.54) is 5.56 Å². The molecule has 1 aromatic heterocycles. The van der Waals surface area contributed by atoms with Crippen LogP contribution < -0.4 is 4.74 Å². The van der Waals surface area contributed by atoms with Crippen LogP contribution in [-0.4, -0.2) is 48.4 Å². The number of ether oxygens (including phenoxy) is 1. The van der Waals surface area contributed by atoms with Gasteiger partial charge in [-0.05, 0) is 29.8 Å². The molecule has 2 heterocycles. The lowest BCUT2D eigenvalue weighted by atomic mass is 10.2. The van der Waals surface area contributed by atoms with Crippen molar-refractivity contribution >= 4 is 12.0 Å². The first kappa shape index (κ1) is 20.0. The van der Waals surface area contributed by atoms with Crippen molar-refractivity contribution in [1.29, 1.82) is 0 Å². The van der Waals surface area contributed by atoms with Gasteiger partial charge in [0.2, 0.25) is 0 Å². The summed E-state index contributed by atoms with van der Waals surface area (Å²) in [4.78, 5) is 17.0. The summed E-state index contributed by atoms with van der Waals surface area (Å²) in [6.07, 6.45) is 4.32. The van der Waals surface area contributed by atoms with Crippen molar-refractivity contribution in [3.05, 3.63) is 96.0 Å². The molecule has 2 aromatic carbocycles. The van der Waals surface area contributed by atoms with Gasteiger partial charge in [0, 0.05) is 32.7 Å². The standard InChI is InChI=1S/C25H26N2O3/c28-25(24-14-13-23(30-24)20-29-22-11-5-2-6-12-22)27-18-16-26(17-19-27)15-7-10-21-8-3-1-4-9-21/h1-14H,15-20H2/b10-7+. The van der Waals surface area contributed by atoms with E-state index in [-0.39, 0.29) is 5.91 Å². The number of hydrogen-bond donors (Lipinski definition) is 0. The molecule has 0 aliphatic carbocycles. The van der Waals surface area contributed by atoms with Crippen molar-refractivity contribution in [3.63, 3.8) is 0 Å². The van der Waals surface area contributed by atoms with E-state index in [0.29, 0.717) is 31.2 Å². The molecule has 154 valence electrons. The minimum atomic E-state index is -0.0551. The van der Waals surface area contributed by atoms with Gasteiger partial charge in [0.25, 0.3) is 5.91 Å². The zero-order chi connectivity index (χ0) is 20.6. The molecule has 0 atom stereocenters. The molecular formula is C25H26N2O3. The summed E-state index contributed by atoms with van der Waals surface area (Å²) in [5.41, 5.74) is 1.20. The average Bonchev–Trinajstić information content (AvgIpc) is 3.28. The van der Waals surface area contributed by atoms with Gasteiger partial charge in [0.1, 0.15) is 18.1 Å². The fourth-order valence-corrected chi connectivity index (χ4v) is 3.43. The Balaban J connectivity index is 1.23. The van der Waals surface area contributed by atoms with Crippen LogP contribution in [0.5, 0.6) is 5.75 Å². The number of rotatable bonds is 7. The molecule has 0 saturated carbocycles. The first-order valence-corrected chi connectivity index (χ1v) is 10.3. The average molecular weight is 402 g/mol. The van der Waals surface area contributed by atoms with Crippen LogP contribution in [0.3, 0.4) is 0 Å². The molecule has 1 fully saturated rings. The highest BCUT2D eigenvalue weighted by molar-refractivity contribution is 5.91. The van der Waals surface area contributed by atoms with Gasteiger partial charge >= 0.3 is 0 Å². The number of piperazine rings is 1. The molecule has 0 spiro atoms. The van der Waals surface area contributed by atoms with E-state index >= 15 is 0 Å². The Morgan fingerprint density at radius 3 is 2.33 bits per heavy atom. The second-order valence-corrected chi connectivity index (χ2v) is 7.27. The maximum absolute atomic E-state index is 12.8. The van der Waals surface area contributed by atoms with E-state index in [1.54, 1.807) is 12.1 Å². The summed E-state index contributed by atoms with van der Waals surface area (Å²) in [7, 11) is 0. The van der Waals surface area contributed by atoms with Crippen LogP contribution in [0.2, 0.25) is 0 Å². The molecule has 1 amide bonds. The highest BCUT2D eigenvalue weighted by Crippen LogP contribution is 2.16. The van der Waals surface area contributed by atoms with E-state index in [9.17, 15) is 4.79 Å². The molecule has 0 bridgehead atoms. The lowest BCUT2D eigenvalue weighted by Crippen LogP contribution is -2.48. The van der Waals surface area contributed by atoms with E-state index in [1.807, 2.05) is 53.4 Å². The highest BCUT2D eigenvalue weighted by Gasteiger charge is 2.23. The van der Waals surface area contributed by atoms with Crippen molar-refractivity contribution in [3.8, 4) is 5.75 Å². The van der Waals surface area contributed by atoms with Gasteiger partial charge in [-0.2, -0.15) is 0 Å². The summed E-state index contributed by atoms with van der Waals surface area (Å²) in [5, 5.41) is 0. The molecule has 3 aromatic rings. The van der Waals surface area contributed by atoms with Crippen molar-refractivity contribution in [2.75, 3.05) is 32.7 Å². The SMILES string of the molecule is O=C(c1ccc(COc2ccccc2)o1)N1CCN(C/C=C/c2ccccc2)CC1. The van der Waals surface area contributed by atoms with Crippen LogP contribution in [0.4, 0.5) is 0 Å². The van der Waals surface area contributed by atoms with Gasteiger partial charge in [-0.15, -0.1) is 0 Å². The van der Waals surface area contributed by atoms with E-state index in [0.717, 1.165) is 25.4 Å². The molecule has 0 N–H and O–H groups in total. The Hall–Kier alpha value is -3.31. The Labute approximate surface area is 177 Å². The largest absolute Gasteiger partial charge is 0.486 e. The summed E-state index contributed by atoms with van der Waals surface area (Å²) in [6, 6.07) is 23.4. The number of carbonyl (C=O) groups excluding carboxylic acids is 1. The predicted molar refractivity (Wildman–Crippen MR) is 117 cm³/mol. The van der Waals surface area contributed by atoms with Crippen LogP contribution in [0.25, 0.3) is 6.08 Å². The summed E-state index contributed by atoms with van der Waals surface area (Å²) < 4.78 is 11.4. The van der Waals surface area contributed by atoms with Gasteiger partial charge in [-0.3, -0.25) is 9.69 Å². The smallest absolute Gasteiger partial charge is 0.289 e. The molecule has 0 radical (unpaired) electrons. The fourth-order valence-electron chi connectivity index (χ4n) is 3.43. The summed E-state index contributed by atoms with van der Waals surface area (Å²) in [5.74, 6) is 1.74. The van der Waals surface area contributed by atoms with Gasteiger partial charge in [-0.25, -0.2) is 0 Å². The van der Waals surface area contributed by atoms with Crippen LogP contribution in [0.15, 0.2) is 83.3 Å². The first-order chi connectivity index (χ1) is 14.8. The van der Waals surface area contributed by atoms with E-state index in [4.69, 9.17) is 9.15 Å². The van der Waals surface area contributed by atoms with Gasteiger partial charge in [0.05, 0.1) is 0 Å². The minimum Gasteiger partial charge on any atom is -0.486 e. The summed E-state index contributed by atoms with van der Waals surface area (Å²) in [6.45, 7) is 4.31. The molecule has 5 heteroatoms. The van der Waals surface area contributed by atoms with Crippen LogP contribution in [-0.2, 0) is 6.61 Å². The Bertz CT molecular complexity index is 958. The van der Waals surface area contributed by atoms with E-state index in [2.05, 4.69) is 29.2 Å². The van der Waals surface area contributed by atoms with Crippen LogP contribution in [0, 0.1) is 0 Å². The van der Waals surface area contributed by atoms with Gasteiger partial charge in [0.15, 0.2) is 5.76 Å². The normalized spacial score (nSPS) is 14.9. The van der Waals surface area contributed by atoms with Crippen molar-refractivity contribution in [2.45, 2.75) is 6.61 Å². The zero-order valence-electron chi connectivity index (χ0n) is 16.9. The maximum atomic E-state index is 12.8. The lowest BCUT2D eigenvalue weighted by molar-refractivity contribution is 0.0615. The third-order valence-electron chi connectivity index (χ3n) is 5.13. The van der Waals surface area contributed by atoms with Gasteiger partial charge in [-0.1, -0.05) is 60.7 Å². The first-order valence-electron chi connectivity index (χ1n) is 10.3. The fraction of sp³-hybridized carbons (Fsp3) is 0.240. The van der Waals surface area contributed by atoms with E-state index < -0.39 is 0 Å². The second-order valence-electron chi connectivity index (χ2n) is 7.27. The van der Waals surface area contributed by atoms with Crippen molar-refractivity contribution < 1.29 is 13.9 Å². The molecule has 1 saturated heterocycles. The zero-order valence-corrected chi connectivity index (χ0v) is 16.9. The number of benzene rings is 2. The third kappa shape index (κ3) is 5.39. The topological polar surface area (TPSA) is 45.9 Å². The molecule has 30 heavy (non-hydrogen) atoms. The number of para-hydroxylation sites is 1. The number of nitrogens with zero attached hydrogens (tertiary/aromatic N) is 2. The second kappa shape index (κ2) is 9.94. The molecule has 4 rings (SSSR count). The highest BCUT2D eigenvalue weighted by atomic mass is 16.5. The third-order valence-corrected chi connectivity index (χ3v) is 5.13. The quantitative estimate of drug-likeness (QED) is 0.590. The minimum absolute atomic E-state index is 0.0551.